The average molecular weight is 481 g/mol. The van der Waals surface area contributed by atoms with Crippen molar-refractivity contribution >= 4 is 22.8 Å². The summed E-state index contributed by atoms with van der Waals surface area (Å²) in [6, 6.07) is 28.0. The lowest BCUT2D eigenvalue weighted by atomic mass is 9.69. The van der Waals surface area contributed by atoms with E-state index < -0.39 is 11.4 Å². The number of hydrogen-bond donors (Lipinski definition) is 2. The smallest absolute Gasteiger partial charge is 0.323 e. The van der Waals surface area contributed by atoms with Crippen LogP contribution in [-0.4, -0.2) is 21.6 Å². The molecule has 5 rings (SSSR count). The molecule has 2 N–H and O–H groups in total. The number of nitrogens with zero attached hydrogens (tertiary/aromatic N) is 1. The Morgan fingerprint density at radius 1 is 0.944 bits per heavy atom. The predicted molar refractivity (Wildman–Crippen MR) is 142 cm³/mol. The lowest BCUT2D eigenvalue weighted by Gasteiger charge is -2.38. The van der Waals surface area contributed by atoms with Crippen LogP contribution in [0.5, 0.6) is 0 Å². The number of nitrogens with one attached hydrogen (secondary N) is 1. The number of carbonyl (C=O) groups excluding carboxylic acids is 1. The van der Waals surface area contributed by atoms with E-state index >= 15 is 0 Å². The Balaban J connectivity index is 1.53. The highest BCUT2D eigenvalue weighted by Crippen LogP contribution is 2.44. The first kappa shape index (κ1) is 23.9. The van der Waals surface area contributed by atoms with E-state index in [1.165, 1.54) is 0 Å². The Morgan fingerprint density at radius 2 is 1.56 bits per heavy atom. The Bertz CT molecular complexity index is 1340. The van der Waals surface area contributed by atoms with Crippen LogP contribution in [0.3, 0.4) is 0 Å². The summed E-state index contributed by atoms with van der Waals surface area (Å²) in [7, 11) is 0. The van der Waals surface area contributed by atoms with Gasteiger partial charge in [0, 0.05) is 16.6 Å². The van der Waals surface area contributed by atoms with Crippen molar-refractivity contribution in [1.29, 1.82) is 0 Å². The molecule has 0 saturated carbocycles. The largest absolute Gasteiger partial charge is 0.480 e. The molecule has 0 radical (unpaired) electrons. The second-order valence-corrected chi connectivity index (χ2v) is 9.86. The van der Waals surface area contributed by atoms with Crippen molar-refractivity contribution in [3.63, 3.8) is 0 Å². The number of fused-ring (bicyclic) bond motifs is 3. The van der Waals surface area contributed by atoms with E-state index in [1.54, 1.807) is 0 Å². The first-order chi connectivity index (χ1) is 17.5. The fourth-order valence-corrected chi connectivity index (χ4v) is 5.94. The van der Waals surface area contributed by atoms with Crippen molar-refractivity contribution in [3.05, 3.63) is 107 Å². The third-order valence-corrected chi connectivity index (χ3v) is 7.59. The summed E-state index contributed by atoms with van der Waals surface area (Å²) < 4.78 is 1.93. The van der Waals surface area contributed by atoms with Gasteiger partial charge in [-0.1, -0.05) is 92.2 Å². The van der Waals surface area contributed by atoms with Gasteiger partial charge in [-0.25, -0.2) is 0 Å². The van der Waals surface area contributed by atoms with Gasteiger partial charge < -0.3 is 15.0 Å². The van der Waals surface area contributed by atoms with Gasteiger partial charge in [-0.3, -0.25) is 9.59 Å². The zero-order chi connectivity index (χ0) is 25.1. The van der Waals surface area contributed by atoms with E-state index in [2.05, 4.69) is 42.6 Å². The second kappa shape index (κ2) is 10.0. The number of carboxylic acids is 1. The molecule has 1 unspecified atom stereocenters. The van der Waals surface area contributed by atoms with Crippen LogP contribution in [0.2, 0.25) is 0 Å². The third kappa shape index (κ3) is 4.41. The van der Waals surface area contributed by atoms with Crippen LogP contribution in [0, 0.1) is 5.41 Å². The molecule has 0 saturated heterocycles. The summed E-state index contributed by atoms with van der Waals surface area (Å²) in [4.78, 5) is 25.8. The molecular weight excluding hydrogens is 448 g/mol. The van der Waals surface area contributed by atoms with Gasteiger partial charge in [0.15, 0.2) is 0 Å². The van der Waals surface area contributed by atoms with Crippen molar-refractivity contribution in [2.75, 3.05) is 0 Å². The summed E-state index contributed by atoms with van der Waals surface area (Å²) in [5, 5.41) is 14.0. The van der Waals surface area contributed by atoms with Gasteiger partial charge >= 0.3 is 5.97 Å². The highest BCUT2D eigenvalue weighted by atomic mass is 16.4. The summed E-state index contributed by atoms with van der Waals surface area (Å²) in [5.74, 6) is -0.780. The maximum atomic E-state index is 14.2. The van der Waals surface area contributed by atoms with E-state index in [0.717, 1.165) is 46.1 Å². The molecule has 1 atom stereocenters. The van der Waals surface area contributed by atoms with E-state index in [4.69, 9.17) is 0 Å². The Morgan fingerprint density at radius 3 is 2.17 bits per heavy atom. The summed E-state index contributed by atoms with van der Waals surface area (Å²) in [6.45, 7) is 2.07. The monoisotopic (exact) mass is 480 g/mol. The van der Waals surface area contributed by atoms with Gasteiger partial charge in [0.2, 0.25) is 5.91 Å². The molecular formula is C31H32N2O3. The molecule has 0 bridgehead atoms. The number of hydrogen-bond acceptors (Lipinski definition) is 2. The van der Waals surface area contributed by atoms with Gasteiger partial charge in [-0.2, -0.15) is 0 Å². The minimum atomic E-state index is -0.852. The Labute approximate surface area is 211 Å². The topological polar surface area (TPSA) is 71.3 Å². The SMILES string of the molecule is CCCC1(C(=O)NC(c2ccccc2)c2ccccc2)CCc2c(c3ccccc3n2CC(=O)O)C1. The zero-order valence-corrected chi connectivity index (χ0v) is 20.6. The summed E-state index contributed by atoms with van der Waals surface area (Å²) in [6.07, 6.45) is 3.69. The van der Waals surface area contributed by atoms with Crippen molar-refractivity contribution in [1.82, 2.24) is 9.88 Å². The molecule has 1 heterocycles. The van der Waals surface area contributed by atoms with Crippen LogP contribution < -0.4 is 5.32 Å². The Kier molecular flexibility index (Phi) is 6.64. The number of aromatic nitrogens is 1. The molecule has 1 aromatic heterocycles. The van der Waals surface area contributed by atoms with Gasteiger partial charge in [0.05, 0.1) is 11.5 Å². The van der Waals surface area contributed by atoms with Crippen LogP contribution in [0.15, 0.2) is 84.9 Å². The number of para-hydroxylation sites is 1. The minimum Gasteiger partial charge on any atom is -0.480 e. The number of rotatable bonds is 8. The number of aliphatic carboxylic acids is 1. The summed E-state index contributed by atoms with van der Waals surface area (Å²) >= 11 is 0. The van der Waals surface area contributed by atoms with Gasteiger partial charge in [0.25, 0.3) is 0 Å². The molecule has 1 aliphatic carbocycles. The predicted octanol–water partition coefficient (Wildman–Crippen LogP) is 5.91. The van der Waals surface area contributed by atoms with Crippen LogP contribution in [0.25, 0.3) is 10.9 Å². The highest BCUT2D eigenvalue weighted by molar-refractivity contribution is 5.90. The number of carboxylic acid groups (broad SMARTS) is 1. The third-order valence-electron chi connectivity index (χ3n) is 7.59. The fourth-order valence-electron chi connectivity index (χ4n) is 5.94. The average Bonchev–Trinajstić information content (AvgIpc) is 3.20. The number of benzene rings is 3. The molecule has 1 aliphatic rings. The highest BCUT2D eigenvalue weighted by Gasteiger charge is 2.43. The van der Waals surface area contributed by atoms with Crippen LogP contribution >= 0.6 is 0 Å². The van der Waals surface area contributed by atoms with Crippen LogP contribution in [0.4, 0.5) is 0 Å². The summed E-state index contributed by atoms with van der Waals surface area (Å²) in [5.41, 5.74) is 4.68. The molecule has 5 heteroatoms. The van der Waals surface area contributed by atoms with E-state index in [9.17, 15) is 14.7 Å². The van der Waals surface area contributed by atoms with Gasteiger partial charge in [0.1, 0.15) is 6.54 Å². The molecule has 0 aliphatic heterocycles. The van der Waals surface area contributed by atoms with E-state index in [1.807, 2.05) is 59.2 Å². The number of amides is 1. The standard InChI is InChI=1S/C31H32N2O3/c1-2-18-31(30(36)32-29(22-11-5-3-6-12-22)23-13-7-4-8-14-23)19-17-27-25(20-31)24-15-9-10-16-26(24)33(27)21-28(34)35/h3-16,29H,2,17-21H2,1H3,(H,32,36)(H,34,35). The molecule has 184 valence electrons. The quantitative estimate of drug-likeness (QED) is 0.329. The number of carbonyl (C=O) groups is 2. The van der Waals surface area contributed by atoms with Gasteiger partial charge in [-0.15, -0.1) is 0 Å². The zero-order valence-electron chi connectivity index (χ0n) is 20.6. The van der Waals surface area contributed by atoms with Crippen molar-refractivity contribution in [2.45, 2.75) is 51.6 Å². The molecule has 0 spiro atoms. The van der Waals surface area contributed by atoms with E-state index in [0.29, 0.717) is 19.3 Å². The normalized spacial score (nSPS) is 17.2. The Hall–Kier alpha value is -3.86. The minimum absolute atomic E-state index is 0.0626. The van der Waals surface area contributed by atoms with Crippen LogP contribution in [-0.2, 0) is 29.0 Å². The van der Waals surface area contributed by atoms with Crippen LogP contribution in [0.1, 0.15) is 54.6 Å². The maximum absolute atomic E-state index is 14.2. The first-order valence-electron chi connectivity index (χ1n) is 12.7. The molecule has 3 aromatic carbocycles. The fraction of sp³-hybridized carbons (Fsp3) is 0.290. The van der Waals surface area contributed by atoms with Gasteiger partial charge in [-0.05, 0) is 48.4 Å². The van der Waals surface area contributed by atoms with Crippen molar-refractivity contribution in [2.24, 2.45) is 5.41 Å². The molecule has 0 fully saturated rings. The first-order valence-corrected chi connectivity index (χ1v) is 12.7. The van der Waals surface area contributed by atoms with E-state index in [-0.39, 0.29) is 18.5 Å². The maximum Gasteiger partial charge on any atom is 0.323 e. The lowest BCUT2D eigenvalue weighted by Crippen LogP contribution is -2.46. The molecule has 36 heavy (non-hydrogen) atoms. The molecule has 5 nitrogen and oxygen atoms in total. The molecule has 1 amide bonds. The van der Waals surface area contributed by atoms with Crippen molar-refractivity contribution < 1.29 is 14.7 Å². The van der Waals surface area contributed by atoms with Crippen molar-refractivity contribution in [3.8, 4) is 0 Å². The lowest BCUT2D eigenvalue weighted by molar-refractivity contribution is -0.138. The molecule has 4 aromatic rings. The second-order valence-electron chi connectivity index (χ2n) is 9.86.